The zero-order chi connectivity index (χ0) is 19.0. The van der Waals surface area contributed by atoms with E-state index in [4.69, 9.17) is 9.57 Å². The third-order valence-electron chi connectivity index (χ3n) is 5.49. The number of hydrogen-bond acceptors (Lipinski definition) is 3. The lowest BCUT2D eigenvalue weighted by Gasteiger charge is -2.42. The smallest absolute Gasteiger partial charge is 0.144 e. The van der Waals surface area contributed by atoms with Crippen LogP contribution in [0.5, 0.6) is 0 Å². The highest BCUT2D eigenvalue weighted by Gasteiger charge is 2.52. The Morgan fingerprint density at radius 1 is 1.00 bits per heavy atom. The number of hydroxylamine groups is 2. The molecule has 3 heteroatoms. The minimum absolute atomic E-state index is 0.0221. The van der Waals surface area contributed by atoms with E-state index in [0.717, 1.165) is 19.4 Å². The van der Waals surface area contributed by atoms with Gasteiger partial charge in [-0.15, -0.1) is 5.06 Å². The number of hydrogen-bond donors (Lipinski definition) is 0. The number of benzene rings is 1. The molecule has 1 saturated heterocycles. The molecule has 0 bridgehead atoms. The lowest BCUT2D eigenvalue weighted by Crippen LogP contribution is -2.52. The van der Waals surface area contributed by atoms with Crippen LogP contribution in [0.3, 0.4) is 0 Å². The second kappa shape index (κ2) is 9.87. The summed E-state index contributed by atoms with van der Waals surface area (Å²) >= 11 is 0. The molecule has 0 radical (unpaired) electrons. The molecule has 1 aromatic rings. The number of nitrogens with zero attached hydrogens (tertiary/aromatic N) is 1. The first-order valence-corrected chi connectivity index (χ1v) is 10.6. The van der Waals surface area contributed by atoms with E-state index in [9.17, 15) is 0 Å². The lowest BCUT2D eigenvalue weighted by molar-refractivity contribution is -0.311. The summed E-state index contributed by atoms with van der Waals surface area (Å²) in [6, 6.07) is 10.5. The van der Waals surface area contributed by atoms with Gasteiger partial charge >= 0.3 is 0 Å². The molecule has 2 rings (SSSR count). The Kier molecular flexibility index (Phi) is 8.12. The summed E-state index contributed by atoms with van der Waals surface area (Å²) in [4.78, 5) is 6.60. The highest BCUT2D eigenvalue weighted by molar-refractivity contribution is 5.16. The number of ether oxygens (including phenoxy) is 1. The average molecular weight is 362 g/mol. The Hall–Kier alpha value is -0.900. The molecule has 1 fully saturated rings. The second-order valence-electron chi connectivity index (χ2n) is 8.41. The topological polar surface area (TPSA) is 21.7 Å². The van der Waals surface area contributed by atoms with E-state index in [-0.39, 0.29) is 17.4 Å². The molecule has 0 amide bonds. The maximum Gasteiger partial charge on any atom is 0.144 e. The number of rotatable bonds is 11. The van der Waals surface area contributed by atoms with Crippen molar-refractivity contribution in [3.8, 4) is 0 Å². The zero-order valence-electron chi connectivity index (χ0n) is 17.6. The zero-order valence-corrected chi connectivity index (χ0v) is 17.6. The molecule has 1 aromatic carbocycles. The van der Waals surface area contributed by atoms with Crippen LogP contribution < -0.4 is 0 Å². The molecule has 0 aliphatic carbocycles. The molecule has 1 aliphatic heterocycles. The summed E-state index contributed by atoms with van der Waals surface area (Å²) in [6.07, 6.45) is 9.48. The molecule has 26 heavy (non-hydrogen) atoms. The maximum absolute atomic E-state index is 6.60. The highest BCUT2D eigenvalue weighted by Crippen LogP contribution is 2.43. The summed E-state index contributed by atoms with van der Waals surface area (Å²) < 4.78 is 6.50. The van der Waals surface area contributed by atoms with Gasteiger partial charge in [-0.3, -0.25) is 4.84 Å². The van der Waals surface area contributed by atoms with Gasteiger partial charge in [-0.25, -0.2) is 0 Å². The Balaban J connectivity index is 2.19. The minimum Gasteiger partial charge on any atom is -0.356 e. The fourth-order valence-electron chi connectivity index (χ4n) is 3.94. The van der Waals surface area contributed by atoms with Gasteiger partial charge in [0.05, 0.1) is 12.1 Å². The lowest BCUT2D eigenvalue weighted by atomic mass is 9.95. The van der Waals surface area contributed by atoms with E-state index in [1.54, 1.807) is 0 Å². The van der Waals surface area contributed by atoms with Gasteiger partial charge in [0.25, 0.3) is 0 Å². The normalized spacial score (nSPS) is 20.3. The first-order chi connectivity index (χ1) is 12.4. The molecule has 1 heterocycles. The van der Waals surface area contributed by atoms with Gasteiger partial charge in [0.2, 0.25) is 0 Å². The van der Waals surface area contributed by atoms with E-state index in [1.807, 2.05) is 0 Å². The third kappa shape index (κ3) is 5.31. The van der Waals surface area contributed by atoms with E-state index >= 15 is 0 Å². The summed E-state index contributed by atoms with van der Waals surface area (Å²) in [5, 5.41) is 2.23. The van der Waals surface area contributed by atoms with Crippen LogP contribution in [0.25, 0.3) is 0 Å². The van der Waals surface area contributed by atoms with Crippen molar-refractivity contribution < 1.29 is 9.57 Å². The van der Waals surface area contributed by atoms with Gasteiger partial charge in [0.15, 0.2) is 0 Å². The summed E-state index contributed by atoms with van der Waals surface area (Å²) in [5.74, 6) is 0. The maximum atomic E-state index is 6.60. The van der Waals surface area contributed by atoms with Crippen LogP contribution >= 0.6 is 0 Å². The molecule has 0 N–H and O–H groups in total. The van der Waals surface area contributed by atoms with Gasteiger partial charge in [-0.1, -0.05) is 69.9 Å². The quantitative estimate of drug-likeness (QED) is 0.412. The summed E-state index contributed by atoms with van der Waals surface area (Å²) in [7, 11) is 0. The van der Waals surface area contributed by atoms with Gasteiger partial charge in [-0.05, 0) is 52.0 Å². The monoisotopic (exact) mass is 361 g/mol. The molecule has 1 unspecified atom stereocenters. The van der Waals surface area contributed by atoms with Crippen LogP contribution in [0.4, 0.5) is 0 Å². The van der Waals surface area contributed by atoms with Crippen LogP contribution in [0.2, 0.25) is 0 Å². The van der Waals surface area contributed by atoms with Crippen LogP contribution in [0, 0.1) is 0 Å². The Morgan fingerprint density at radius 3 is 2.12 bits per heavy atom. The van der Waals surface area contributed by atoms with Gasteiger partial charge < -0.3 is 4.74 Å². The third-order valence-corrected chi connectivity index (χ3v) is 5.49. The molecule has 0 saturated carbocycles. The molecular weight excluding hydrogens is 322 g/mol. The van der Waals surface area contributed by atoms with E-state index in [2.05, 4.69) is 70.0 Å². The molecule has 3 nitrogen and oxygen atoms in total. The molecular formula is C23H39NO2. The van der Waals surface area contributed by atoms with Gasteiger partial charge in [-0.2, -0.15) is 0 Å². The molecule has 0 spiro atoms. The van der Waals surface area contributed by atoms with Crippen molar-refractivity contribution in [3.05, 3.63) is 35.9 Å². The summed E-state index contributed by atoms with van der Waals surface area (Å²) in [5.41, 5.74) is 0.824. The van der Waals surface area contributed by atoms with Gasteiger partial charge in [0.1, 0.15) is 11.8 Å². The van der Waals surface area contributed by atoms with Crippen molar-refractivity contribution in [2.75, 3.05) is 6.61 Å². The summed E-state index contributed by atoms with van der Waals surface area (Å²) in [6.45, 7) is 11.9. The largest absolute Gasteiger partial charge is 0.356 e. The Labute approximate surface area is 161 Å². The second-order valence-corrected chi connectivity index (χ2v) is 8.41. The van der Waals surface area contributed by atoms with Crippen molar-refractivity contribution in [1.29, 1.82) is 0 Å². The Morgan fingerprint density at radius 2 is 1.58 bits per heavy atom. The highest BCUT2D eigenvalue weighted by atomic mass is 16.7. The predicted octanol–water partition coefficient (Wildman–Crippen LogP) is 6.65. The van der Waals surface area contributed by atoms with Crippen molar-refractivity contribution in [2.45, 2.75) is 103 Å². The minimum atomic E-state index is -0.281. The van der Waals surface area contributed by atoms with Crippen molar-refractivity contribution in [1.82, 2.24) is 5.06 Å². The van der Waals surface area contributed by atoms with E-state index in [1.165, 1.54) is 44.1 Å². The molecule has 148 valence electrons. The molecule has 1 atom stereocenters. The standard InChI is InChI=1S/C23H39NO2/c1-6-8-13-17-23(18-14-9-7-2)24(22(4,5)19-25-23)26-20(3)21-15-11-10-12-16-21/h10-12,15-16,20H,6-9,13-14,17-19H2,1-5H3. The first-order valence-electron chi connectivity index (χ1n) is 10.6. The number of unbranched alkanes of at least 4 members (excludes halogenated alkanes) is 4. The SMILES string of the molecule is CCCCCC1(CCCCC)OCC(C)(C)N1OC(C)c1ccccc1. The predicted molar refractivity (Wildman–Crippen MR) is 109 cm³/mol. The van der Waals surface area contributed by atoms with Crippen molar-refractivity contribution in [3.63, 3.8) is 0 Å². The fourth-order valence-corrected chi connectivity index (χ4v) is 3.94. The van der Waals surface area contributed by atoms with E-state index in [0.29, 0.717) is 0 Å². The van der Waals surface area contributed by atoms with Gasteiger partial charge in [0, 0.05) is 0 Å². The van der Waals surface area contributed by atoms with E-state index < -0.39 is 0 Å². The molecule has 0 aromatic heterocycles. The Bertz CT molecular complexity index is 504. The van der Waals surface area contributed by atoms with Crippen LogP contribution in [-0.4, -0.2) is 22.9 Å². The van der Waals surface area contributed by atoms with Crippen molar-refractivity contribution in [2.24, 2.45) is 0 Å². The van der Waals surface area contributed by atoms with Crippen molar-refractivity contribution >= 4 is 0 Å². The van der Waals surface area contributed by atoms with Crippen LogP contribution in [0.15, 0.2) is 30.3 Å². The van der Waals surface area contributed by atoms with Crippen LogP contribution in [-0.2, 0) is 9.57 Å². The molecule has 1 aliphatic rings. The fraction of sp³-hybridized carbons (Fsp3) is 0.739. The average Bonchev–Trinajstić information content (AvgIpc) is 2.88. The first kappa shape index (κ1) is 21.4. The van der Waals surface area contributed by atoms with Crippen LogP contribution in [0.1, 0.15) is 97.7 Å².